The van der Waals surface area contributed by atoms with E-state index in [2.05, 4.69) is 5.32 Å². The van der Waals surface area contributed by atoms with Crippen molar-refractivity contribution in [1.82, 2.24) is 5.32 Å². The molecule has 106 valence electrons. The van der Waals surface area contributed by atoms with Crippen LogP contribution in [0.2, 0.25) is 0 Å². The number of ether oxygens (including phenoxy) is 1. The first-order valence-electron chi connectivity index (χ1n) is 6.46. The summed E-state index contributed by atoms with van der Waals surface area (Å²) in [4.78, 5) is 11.7. The van der Waals surface area contributed by atoms with E-state index in [0.717, 1.165) is 6.42 Å². The Hall–Kier alpha value is -1.62. The molecule has 0 bridgehead atoms. The van der Waals surface area contributed by atoms with Crippen molar-refractivity contribution >= 4 is 5.91 Å². The van der Waals surface area contributed by atoms with Gasteiger partial charge >= 0.3 is 0 Å². The fourth-order valence-electron chi connectivity index (χ4n) is 1.53. The van der Waals surface area contributed by atoms with Gasteiger partial charge in [0.1, 0.15) is 18.2 Å². The minimum atomic E-state index is -0.501. The summed E-state index contributed by atoms with van der Waals surface area (Å²) in [5, 5.41) is 2.70. The molecule has 3 N–H and O–H groups in total. The zero-order valence-electron chi connectivity index (χ0n) is 11.4. The Kier molecular flexibility index (Phi) is 6.29. The van der Waals surface area contributed by atoms with Crippen LogP contribution in [0.4, 0.5) is 4.39 Å². The molecule has 2 atom stereocenters. The van der Waals surface area contributed by atoms with Crippen molar-refractivity contribution in [3.8, 4) is 5.75 Å². The molecule has 1 aromatic rings. The van der Waals surface area contributed by atoms with Crippen molar-refractivity contribution in [2.45, 2.75) is 26.3 Å². The molecule has 0 heterocycles. The average molecular weight is 268 g/mol. The third kappa shape index (κ3) is 5.26. The zero-order valence-corrected chi connectivity index (χ0v) is 11.4. The summed E-state index contributed by atoms with van der Waals surface area (Å²) < 4.78 is 18.2. The number of carbonyl (C=O) groups is 1. The Morgan fingerprint density at radius 2 is 2.26 bits per heavy atom. The highest BCUT2D eigenvalue weighted by molar-refractivity contribution is 5.81. The van der Waals surface area contributed by atoms with E-state index >= 15 is 0 Å². The van der Waals surface area contributed by atoms with Gasteiger partial charge in [-0.15, -0.1) is 0 Å². The van der Waals surface area contributed by atoms with E-state index in [4.69, 9.17) is 10.5 Å². The topological polar surface area (TPSA) is 64.4 Å². The van der Waals surface area contributed by atoms with Gasteiger partial charge in [0, 0.05) is 6.07 Å². The highest BCUT2D eigenvalue weighted by atomic mass is 19.1. The maximum absolute atomic E-state index is 12.9. The molecular formula is C14H21FN2O2. The Morgan fingerprint density at radius 3 is 2.89 bits per heavy atom. The minimum absolute atomic E-state index is 0.143. The van der Waals surface area contributed by atoms with E-state index in [-0.39, 0.29) is 24.2 Å². The normalized spacial score (nSPS) is 13.7. The number of amides is 1. The number of hydrogen-bond acceptors (Lipinski definition) is 3. The lowest BCUT2D eigenvalue weighted by molar-refractivity contribution is -0.123. The van der Waals surface area contributed by atoms with Crippen LogP contribution in [0.25, 0.3) is 0 Å². The quantitative estimate of drug-likeness (QED) is 0.740. The molecule has 1 rings (SSSR count). The molecule has 0 saturated heterocycles. The number of rotatable bonds is 7. The van der Waals surface area contributed by atoms with Gasteiger partial charge in [-0.1, -0.05) is 26.3 Å². The first-order chi connectivity index (χ1) is 9.04. The molecule has 0 aliphatic carbocycles. The summed E-state index contributed by atoms with van der Waals surface area (Å²) in [6.45, 7) is 4.56. The number of nitrogens with two attached hydrogens (primary N) is 1. The second-order valence-electron chi connectivity index (χ2n) is 4.51. The molecule has 1 aromatic carbocycles. The maximum atomic E-state index is 12.9. The Balaban J connectivity index is 2.26. The van der Waals surface area contributed by atoms with Crippen molar-refractivity contribution in [3.05, 3.63) is 30.1 Å². The van der Waals surface area contributed by atoms with Crippen LogP contribution in [-0.4, -0.2) is 25.1 Å². The van der Waals surface area contributed by atoms with E-state index in [1.807, 2.05) is 13.8 Å². The molecule has 2 unspecified atom stereocenters. The first kappa shape index (κ1) is 15.4. The molecule has 0 fully saturated rings. The third-order valence-electron chi connectivity index (χ3n) is 3.03. The molecule has 0 aliphatic heterocycles. The van der Waals surface area contributed by atoms with Gasteiger partial charge in [-0.3, -0.25) is 4.79 Å². The van der Waals surface area contributed by atoms with Crippen LogP contribution in [0.1, 0.15) is 20.3 Å². The lowest BCUT2D eigenvalue weighted by Crippen LogP contribution is -2.45. The van der Waals surface area contributed by atoms with Crippen LogP contribution < -0.4 is 15.8 Å². The van der Waals surface area contributed by atoms with E-state index in [1.165, 1.54) is 12.1 Å². The van der Waals surface area contributed by atoms with Crippen molar-refractivity contribution in [2.24, 2.45) is 11.7 Å². The number of halogens is 1. The second kappa shape index (κ2) is 7.74. The molecule has 5 heteroatoms. The Bertz CT molecular complexity index is 412. The van der Waals surface area contributed by atoms with Crippen molar-refractivity contribution < 1.29 is 13.9 Å². The average Bonchev–Trinajstić information content (AvgIpc) is 2.41. The Labute approximate surface area is 113 Å². The molecule has 0 aliphatic rings. The van der Waals surface area contributed by atoms with Crippen LogP contribution in [0.3, 0.4) is 0 Å². The molecule has 0 aromatic heterocycles. The van der Waals surface area contributed by atoms with E-state index < -0.39 is 6.04 Å². The highest BCUT2D eigenvalue weighted by Crippen LogP contribution is 2.11. The smallest absolute Gasteiger partial charge is 0.237 e. The Morgan fingerprint density at radius 1 is 1.53 bits per heavy atom. The van der Waals surface area contributed by atoms with Gasteiger partial charge in [0.2, 0.25) is 5.91 Å². The minimum Gasteiger partial charge on any atom is -0.492 e. The summed E-state index contributed by atoms with van der Waals surface area (Å²) in [6.07, 6.45) is 0.856. The van der Waals surface area contributed by atoms with E-state index in [1.54, 1.807) is 12.1 Å². The molecule has 4 nitrogen and oxygen atoms in total. The van der Waals surface area contributed by atoms with Gasteiger partial charge < -0.3 is 15.8 Å². The lowest BCUT2D eigenvalue weighted by Gasteiger charge is -2.17. The monoisotopic (exact) mass is 268 g/mol. The van der Waals surface area contributed by atoms with Crippen LogP contribution in [-0.2, 0) is 4.79 Å². The lowest BCUT2D eigenvalue weighted by atomic mass is 9.99. The summed E-state index contributed by atoms with van der Waals surface area (Å²) in [5.74, 6) is 0.0575. The molecule has 1 amide bonds. The zero-order chi connectivity index (χ0) is 14.3. The summed E-state index contributed by atoms with van der Waals surface area (Å²) in [7, 11) is 0. The standard InChI is InChI=1S/C14H21FN2O2/c1-3-10(2)13(16)14(18)17-7-8-19-12-6-4-5-11(15)9-12/h4-6,9-10,13H,3,7-8,16H2,1-2H3,(H,17,18). The van der Waals surface area contributed by atoms with Crippen molar-refractivity contribution in [3.63, 3.8) is 0 Å². The van der Waals surface area contributed by atoms with Crippen molar-refractivity contribution in [2.75, 3.05) is 13.2 Å². The molecule has 19 heavy (non-hydrogen) atoms. The maximum Gasteiger partial charge on any atom is 0.237 e. The predicted molar refractivity (Wildman–Crippen MR) is 72.3 cm³/mol. The second-order valence-corrected chi connectivity index (χ2v) is 4.51. The fraction of sp³-hybridized carbons (Fsp3) is 0.500. The summed E-state index contributed by atoms with van der Waals surface area (Å²) >= 11 is 0. The molecule has 0 saturated carbocycles. The number of nitrogens with one attached hydrogen (secondary N) is 1. The van der Waals surface area contributed by atoms with Crippen LogP contribution >= 0.6 is 0 Å². The van der Waals surface area contributed by atoms with E-state index in [0.29, 0.717) is 12.3 Å². The SMILES string of the molecule is CCC(C)C(N)C(=O)NCCOc1cccc(F)c1. The molecular weight excluding hydrogens is 247 g/mol. The van der Waals surface area contributed by atoms with Gasteiger partial charge in [0.25, 0.3) is 0 Å². The predicted octanol–water partition coefficient (Wildman–Crippen LogP) is 1.69. The van der Waals surface area contributed by atoms with Crippen LogP contribution in [0.5, 0.6) is 5.75 Å². The van der Waals surface area contributed by atoms with Gasteiger partial charge in [0.05, 0.1) is 12.6 Å². The highest BCUT2D eigenvalue weighted by Gasteiger charge is 2.18. The summed E-state index contributed by atoms with van der Waals surface area (Å²) in [5.41, 5.74) is 5.78. The van der Waals surface area contributed by atoms with E-state index in [9.17, 15) is 9.18 Å². The number of benzene rings is 1. The first-order valence-corrected chi connectivity index (χ1v) is 6.46. The largest absolute Gasteiger partial charge is 0.492 e. The van der Waals surface area contributed by atoms with Crippen LogP contribution in [0.15, 0.2) is 24.3 Å². The fourth-order valence-corrected chi connectivity index (χ4v) is 1.53. The number of carbonyl (C=O) groups excluding carboxylic acids is 1. The van der Waals surface area contributed by atoms with Crippen LogP contribution in [0, 0.1) is 11.7 Å². The third-order valence-corrected chi connectivity index (χ3v) is 3.03. The van der Waals surface area contributed by atoms with Gasteiger partial charge in [-0.05, 0) is 18.1 Å². The van der Waals surface area contributed by atoms with Gasteiger partial charge in [0.15, 0.2) is 0 Å². The molecule has 0 radical (unpaired) electrons. The molecule has 0 spiro atoms. The van der Waals surface area contributed by atoms with Crippen molar-refractivity contribution in [1.29, 1.82) is 0 Å². The van der Waals surface area contributed by atoms with Gasteiger partial charge in [-0.2, -0.15) is 0 Å². The summed E-state index contributed by atoms with van der Waals surface area (Å²) in [6, 6.07) is 5.38. The number of hydrogen-bond donors (Lipinski definition) is 2. The van der Waals surface area contributed by atoms with Gasteiger partial charge in [-0.25, -0.2) is 4.39 Å².